The highest BCUT2D eigenvalue weighted by Gasteiger charge is 2.06. The van der Waals surface area contributed by atoms with Crippen LogP contribution in [0.3, 0.4) is 0 Å². The third kappa shape index (κ3) is 2.09. The minimum absolute atomic E-state index is 0.0462. The fourth-order valence-corrected chi connectivity index (χ4v) is 1.70. The van der Waals surface area contributed by atoms with Crippen molar-refractivity contribution in [1.82, 2.24) is 9.78 Å². The van der Waals surface area contributed by atoms with Gasteiger partial charge in [-0.15, -0.1) is 11.6 Å². The molecule has 84 valence electrons. The quantitative estimate of drug-likeness (QED) is 0.767. The predicted octanol–water partition coefficient (Wildman–Crippen LogP) is 2.27. The van der Waals surface area contributed by atoms with Crippen molar-refractivity contribution >= 4 is 22.4 Å². The summed E-state index contributed by atoms with van der Waals surface area (Å²) >= 11 is 5.73. The average Bonchev–Trinajstić information content (AvgIpc) is 2.33. The number of hydrogen-bond acceptors (Lipinski definition) is 2. The molecule has 0 saturated heterocycles. The molecule has 1 unspecified atom stereocenters. The van der Waals surface area contributed by atoms with Crippen LogP contribution in [0.4, 0.5) is 0 Å². The molecule has 0 saturated carbocycles. The Morgan fingerprint density at radius 3 is 2.94 bits per heavy atom. The molecule has 2 rings (SSSR count). The van der Waals surface area contributed by atoms with Gasteiger partial charge in [-0.25, -0.2) is 4.68 Å². The zero-order valence-corrected chi connectivity index (χ0v) is 9.81. The summed E-state index contributed by atoms with van der Waals surface area (Å²) in [5, 5.41) is 5.72. The van der Waals surface area contributed by atoms with E-state index in [1.165, 1.54) is 4.68 Å². The number of benzene rings is 1. The van der Waals surface area contributed by atoms with Gasteiger partial charge in [0, 0.05) is 17.8 Å². The van der Waals surface area contributed by atoms with Gasteiger partial charge >= 0.3 is 0 Å². The molecule has 0 amide bonds. The standard InChI is InChI=1S/C12H13ClN2O/c1-9(6-13)8-15-12(16)11-5-3-2-4-10(11)7-14-15/h2-5,7,9H,6,8H2,1H3. The summed E-state index contributed by atoms with van der Waals surface area (Å²) in [6.45, 7) is 2.56. The summed E-state index contributed by atoms with van der Waals surface area (Å²) < 4.78 is 1.48. The van der Waals surface area contributed by atoms with Gasteiger partial charge in [0.25, 0.3) is 5.56 Å². The van der Waals surface area contributed by atoms with Crippen LogP contribution in [0.15, 0.2) is 35.3 Å². The van der Waals surface area contributed by atoms with Gasteiger partial charge in [0.15, 0.2) is 0 Å². The maximum Gasteiger partial charge on any atom is 0.274 e. The number of nitrogens with zero attached hydrogens (tertiary/aromatic N) is 2. The van der Waals surface area contributed by atoms with Crippen molar-refractivity contribution < 1.29 is 0 Å². The van der Waals surface area contributed by atoms with Gasteiger partial charge in [0.05, 0.1) is 11.6 Å². The molecule has 1 aromatic carbocycles. The van der Waals surface area contributed by atoms with E-state index < -0.39 is 0 Å². The summed E-state index contributed by atoms with van der Waals surface area (Å²) in [4.78, 5) is 12.0. The second-order valence-corrected chi connectivity index (χ2v) is 4.29. The number of fused-ring (bicyclic) bond motifs is 1. The van der Waals surface area contributed by atoms with Crippen LogP contribution >= 0.6 is 11.6 Å². The Morgan fingerprint density at radius 1 is 1.44 bits per heavy atom. The molecule has 1 heterocycles. The van der Waals surface area contributed by atoms with Gasteiger partial charge in [-0.05, 0) is 12.0 Å². The number of halogens is 1. The first kappa shape index (κ1) is 11.1. The Hall–Kier alpha value is -1.35. The van der Waals surface area contributed by atoms with Crippen LogP contribution in [-0.4, -0.2) is 15.7 Å². The van der Waals surface area contributed by atoms with E-state index in [1.54, 1.807) is 6.20 Å². The first-order valence-corrected chi connectivity index (χ1v) is 5.76. The van der Waals surface area contributed by atoms with E-state index >= 15 is 0 Å². The molecule has 0 aliphatic heterocycles. The molecular weight excluding hydrogens is 224 g/mol. The summed E-state index contributed by atoms with van der Waals surface area (Å²) in [5.74, 6) is 0.772. The number of aromatic nitrogens is 2. The molecule has 2 aromatic rings. The van der Waals surface area contributed by atoms with Gasteiger partial charge < -0.3 is 0 Å². The Balaban J connectivity index is 2.49. The molecular formula is C12H13ClN2O. The zero-order chi connectivity index (χ0) is 11.5. The molecule has 16 heavy (non-hydrogen) atoms. The lowest BCUT2D eigenvalue weighted by Crippen LogP contribution is -2.26. The summed E-state index contributed by atoms with van der Waals surface area (Å²) in [7, 11) is 0. The lowest BCUT2D eigenvalue weighted by Gasteiger charge is -2.09. The molecule has 0 radical (unpaired) electrons. The molecule has 0 fully saturated rings. The van der Waals surface area contributed by atoms with Crippen LogP contribution in [0.2, 0.25) is 0 Å². The van der Waals surface area contributed by atoms with Crippen molar-refractivity contribution in [3.63, 3.8) is 0 Å². The van der Waals surface area contributed by atoms with Crippen molar-refractivity contribution in [3.05, 3.63) is 40.8 Å². The van der Waals surface area contributed by atoms with Gasteiger partial charge in [-0.3, -0.25) is 4.79 Å². The van der Waals surface area contributed by atoms with Crippen LogP contribution < -0.4 is 5.56 Å². The van der Waals surface area contributed by atoms with E-state index in [4.69, 9.17) is 11.6 Å². The van der Waals surface area contributed by atoms with Crippen molar-refractivity contribution in [2.75, 3.05) is 5.88 Å². The van der Waals surface area contributed by atoms with E-state index in [0.717, 1.165) is 5.39 Å². The highest BCUT2D eigenvalue weighted by molar-refractivity contribution is 6.18. The molecule has 3 nitrogen and oxygen atoms in total. The number of hydrogen-bond donors (Lipinski definition) is 0. The van der Waals surface area contributed by atoms with Gasteiger partial charge in [-0.2, -0.15) is 5.10 Å². The number of rotatable bonds is 3. The van der Waals surface area contributed by atoms with Crippen LogP contribution in [0.25, 0.3) is 10.8 Å². The van der Waals surface area contributed by atoms with Crippen molar-refractivity contribution in [1.29, 1.82) is 0 Å². The highest BCUT2D eigenvalue weighted by atomic mass is 35.5. The molecule has 0 aliphatic carbocycles. The molecule has 4 heteroatoms. The van der Waals surface area contributed by atoms with E-state index in [9.17, 15) is 4.79 Å². The lowest BCUT2D eigenvalue weighted by molar-refractivity contribution is 0.470. The Morgan fingerprint density at radius 2 is 2.19 bits per heavy atom. The minimum Gasteiger partial charge on any atom is -0.267 e. The Labute approximate surface area is 98.7 Å². The summed E-state index contributed by atoms with van der Waals surface area (Å²) in [6.07, 6.45) is 1.72. The number of alkyl halides is 1. The minimum atomic E-state index is -0.0462. The maximum atomic E-state index is 12.0. The van der Waals surface area contributed by atoms with E-state index in [0.29, 0.717) is 17.8 Å². The first-order valence-electron chi connectivity index (χ1n) is 5.23. The van der Waals surface area contributed by atoms with Crippen LogP contribution in [0.1, 0.15) is 6.92 Å². The average molecular weight is 237 g/mol. The largest absolute Gasteiger partial charge is 0.274 e. The maximum absolute atomic E-state index is 12.0. The van der Waals surface area contributed by atoms with Crippen LogP contribution in [0, 0.1) is 5.92 Å². The fourth-order valence-electron chi connectivity index (χ4n) is 1.60. The fraction of sp³-hybridized carbons (Fsp3) is 0.333. The highest BCUT2D eigenvalue weighted by Crippen LogP contribution is 2.07. The smallest absolute Gasteiger partial charge is 0.267 e. The third-order valence-electron chi connectivity index (χ3n) is 2.51. The molecule has 0 N–H and O–H groups in total. The second-order valence-electron chi connectivity index (χ2n) is 3.98. The van der Waals surface area contributed by atoms with Crippen molar-refractivity contribution in [2.24, 2.45) is 5.92 Å². The van der Waals surface area contributed by atoms with Crippen LogP contribution in [-0.2, 0) is 6.54 Å². The first-order chi connectivity index (χ1) is 7.72. The van der Waals surface area contributed by atoms with Gasteiger partial charge in [0.1, 0.15) is 0 Å². The van der Waals surface area contributed by atoms with E-state index in [1.807, 2.05) is 31.2 Å². The topological polar surface area (TPSA) is 34.9 Å². The summed E-state index contributed by atoms with van der Waals surface area (Å²) in [6, 6.07) is 7.47. The third-order valence-corrected chi connectivity index (χ3v) is 3.04. The van der Waals surface area contributed by atoms with Crippen LogP contribution in [0.5, 0.6) is 0 Å². The van der Waals surface area contributed by atoms with Gasteiger partial charge in [0.2, 0.25) is 0 Å². The normalized spacial score (nSPS) is 12.9. The second kappa shape index (κ2) is 4.66. The van der Waals surface area contributed by atoms with Crippen molar-refractivity contribution in [3.8, 4) is 0 Å². The predicted molar refractivity (Wildman–Crippen MR) is 65.9 cm³/mol. The Kier molecular flexibility index (Phi) is 3.25. The van der Waals surface area contributed by atoms with E-state index in [-0.39, 0.29) is 11.5 Å². The van der Waals surface area contributed by atoms with E-state index in [2.05, 4.69) is 5.10 Å². The van der Waals surface area contributed by atoms with Gasteiger partial charge in [-0.1, -0.05) is 25.1 Å². The molecule has 0 bridgehead atoms. The SMILES string of the molecule is CC(CCl)Cn1ncc2ccccc2c1=O. The zero-order valence-electron chi connectivity index (χ0n) is 9.06. The monoisotopic (exact) mass is 236 g/mol. The Bertz CT molecular complexity index is 550. The molecule has 1 atom stereocenters. The molecule has 0 aliphatic rings. The molecule has 0 spiro atoms. The van der Waals surface area contributed by atoms with Crippen molar-refractivity contribution in [2.45, 2.75) is 13.5 Å². The molecule has 1 aromatic heterocycles. The lowest BCUT2D eigenvalue weighted by atomic mass is 10.2. The summed E-state index contributed by atoms with van der Waals surface area (Å²) in [5.41, 5.74) is -0.0462.